The second-order valence-electron chi connectivity index (χ2n) is 5.65. The molecule has 4 nitrogen and oxygen atoms in total. The second kappa shape index (κ2) is 7.45. The van der Waals surface area contributed by atoms with E-state index in [9.17, 15) is 4.79 Å². The highest BCUT2D eigenvalue weighted by Gasteiger charge is 2.10. The number of rotatable bonds is 5. The zero-order chi connectivity index (χ0) is 16.9. The number of nitrogens with one attached hydrogen (secondary N) is 1. The second-order valence-corrected chi connectivity index (χ2v) is 6.57. The average Bonchev–Trinajstić information content (AvgIpc) is 2.98. The van der Waals surface area contributed by atoms with Crippen molar-refractivity contribution in [3.05, 3.63) is 82.0 Å². The number of amides is 1. The zero-order valence-corrected chi connectivity index (χ0v) is 15.0. The van der Waals surface area contributed by atoms with Crippen molar-refractivity contribution in [1.82, 2.24) is 9.78 Å². The Labute approximate surface area is 149 Å². The van der Waals surface area contributed by atoms with Crippen LogP contribution in [0.5, 0.6) is 0 Å². The van der Waals surface area contributed by atoms with Gasteiger partial charge in [-0.25, -0.2) is 4.68 Å². The van der Waals surface area contributed by atoms with E-state index in [2.05, 4.69) is 26.3 Å². The van der Waals surface area contributed by atoms with E-state index >= 15 is 0 Å². The van der Waals surface area contributed by atoms with Crippen molar-refractivity contribution < 1.29 is 4.79 Å². The molecule has 3 rings (SSSR count). The van der Waals surface area contributed by atoms with Crippen LogP contribution in [0.3, 0.4) is 0 Å². The normalized spacial score (nSPS) is 10.6. The standard InChI is InChI=1S/C19H18BrN3O/c1-14-4-2-3-5-16(14)12-19(24)22-18-10-11-21-23(18)13-15-6-8-17(20)9-7-15/h2-11H,12-13H2,1H3,(H,22,24). The summed E-state index contributed by atoms with van der Waals surface area (Å²) in [4.78, 5) is 12.3. The van der Waals surface area contributed by atoms with Gasteiger partial charge < -0.3 is 5.32 Å². The van der Waals surface area contributed by atoms with Crippen molar-refractivity contribution in [1.29, 1.82) is 0 Å². The molecule has 1 N–H and O–H groups in total. The predicted molar refractivity (Wildman–Crippen MR) is 99.0 cm³/mol. The van der Waals surface area contributed by atoms with E-state index in [0.717, 1.165) is 21.2 Å². The van der Waals surface area contributed by atoms with Gasteiger partial charge in [0.05, 0.1) is 19.2 Å². The predicted octanol–water partition coefficient (Wildman–Crippen LogP) is 4.18. The monoisotopic (exact) mass is 383 g/mol. The first-order chi connectivity index (χ1) is 11.6. The van der Waals surface area contributed by atoms with Crippen LogP contribution in [0, 0.1) is 6.92 Å². The van der Waals surface area contributed by atoms with Crippen LogP contribution in [0.1, 0.15) is 16.7 Å². The van der Waals surface area contributed by atoms with Gasteiger partial charge >= 0.3 is 0 Å². The summed E-state index contributed by atoms with van der Waals surface area (Å²) in [6.07, 6.45) is 2.05. The van der Waals surface area contributed by atoms with Gasteiger partial charge in [-0.3, -0.25) is 4.79 Å². The maximum absolute atomic E-state index is 12.3. The van der Waals surface area contributed by atoms with E-state index in [1.807, 2.05) is 61.5 Å². The fourth-order valence-corrected chi connectivity index (χ4v) is 2.76. The van der Waals surface area contributed by atoms with Crippen molar-refractivity contribution in [3.63, 3.8) is 0 Å². The molecule has 0 aliphatic carbocycles. The summed E-state index contributed by atoms with van der Waals surface area (Å²) in [5, 5.41) is 7.25. The molecule has 0 aliphatic rings. The van der Waals surface area contributed by atoms with Gasteiger partial charge in [0, 0.05) is 10.5 Å². The van der Waals surface area contributed by atoms with E-state index in [-0.39, 0.29) is 5.91 Å². The van der Waals surface area contributed by atoms with E-state index in [0.29, 0.717) is 18.8 Å². The third-order valence-electron chi connectivity index (χ3n) is 3.84. The van der Waals surface area contributed by atoms with Gasteiger partial charge in [-0.15, -0.1) is 0 Å². The molecule has 0 fully saturated rings. The number of carbonyl (C=O) groups is 1. The molecular formula is C19H18BrN3O. The molecule has 1 amide bonds. The lowest BCUT2D eigenvalue weighted by Crippen LogP contribution is -2.18. The molecule has 1 heterocycles. The molecule has 122 valence electrons. The van der Waals surface area contributed by atoms with E-state index in [1.165, 1.54) is 0 Å². The largest absolute Gasteiger partial charge is 0.311 e. The first-order valence-electron chi connectivity index (χ1n) is 7.72. The summed E-state index contributed by atoms with van der Waals surface area (Å²) in [5.74, 6) is 0.665. The quantitative estimate of drug-likeness (QED) is 0.717. The molecule has 5 heteroatoms. The van der Waals surface area contributed by atoms with Crippen LogP contribution in [0.15, 0.2) is 65.3 Å². The van der Waals surface area contributed by atoms with E-state index in [1.54, 1.807) is 10.9 Å². The van der Waals surface area contributed by atoms with Crippen LogP contribution >= 0.6 is 15.9 Å². The molecule has 1 aromatic heterocycles. The van der Waals surface area contributed by atoms with Gasteiger partial charge in [0.2, 0.25) is 5.91 Å². The zero-order valence-electron chi connectivity index (χ0n) is 13.4. The average molecular weight is 384 g/mol. The Balaban J connectivity index is 1.68. The topological polar surface area (TPSA) is 46.9 Å². The summed E-state index contributed by atoms with van der Waals surface area (Å²) >= 11 is 3.43. The number of carbonyl (C=O) groups excluding carboxylic acids is 1. The lowest BCUT2D eigenvalue weighted by Gasteiger charge is -2.10. The molecule has 0 unspecified atom stereocenters. The van der Waals surface area contributed by atoms with Crippen molar-refractivity contribution in [2.45, 2.75) is 19.9 Å². The van der Waals surface area contributed by atoms with Crippen LogP contribution < -0.4 is 5.32 Å². The number of aromatic nitrogens is 2. The number of nitrogens with zero attached hydrogens (tertiary/aromatic N) is 2. The van der Waals surface area contributed by atoms with Crippen molar-refractivity contribution in [3.8, 4) is 0 Å². The molecule has 0 radical (unpaired) electrons. The minimum Gasteiger partial charge on any atom is -0.311 e. The highest BCUT2D eigenvalue weighted by atomic mass is 79.9. The third kappa shape index (κ3) is 4.11. The smallest absolute Gasteiger partial charge is 0.229 e. The Hall–Kier alpha value is -2.40. The van der Waals surface area contributed by atoms with Crippen molar-refractivity contribution >= 4 is 27.7 Å². The van der Waals surface area contributed by atoms with Crippen molar-refractivity contribution in [2.75, 3.05) is 5.32 Å². The molecule has 0 spiro atoms. The molecule has 24 heavy (non-hydrogen) atoms. The summed E-state index contributed by atoms with van der Waals surface area (Å²) in [6, 6.07) is 17.8. The SMILES string of the molecule is Cc1ccccc1CC(=O)Nc1ccnn1Cc1ccc(Br)cc1. The van der Waals surface area contributed by atoms with Crippen LogP contribution in [0.25, 0.3) is 0 Å². The first-order valence-corrected chi connectivity index (χ1v) is 8.52. The molecule has 0 aliphatic heterocycles. The van der Waals surface area contributed by atoms with Gasteiger partial charge in [0.15, 0.2) is 0 Å². The van der Waals surface area contributed by atoms with Gasteiger partial charge in [0.1, 0.15) is 5.82 Å². The molecule has 0 bridgehead atoms. The molecule has 3 aromatic rings. The Bertz CT molecular complexity index is 840. The summed E-state index contributed by atoms with van der Waals surface area (Å²) < 4.78 is 2.83. The fraction of sp³-hybridized carbons (Fsp3) is 0.158. The lowest BCUT2D eigenvalue weighted by atomic mass is 10.1. The van der Waals surface area contributed by atoms with Crippen LogP contribution in [0.4, 0.5) is 5.82 Å². The van der Waals surface area contributed by atoms with Gasteiger partial charge in [-0.2, -0.15) is 5.10 Å². The fourth-order valence-electron chi connectivity index (χ4n) is 2.50. The third-order valence-corrected chi connectivity index (χ3v) is 4.37. The van der Waals surface area contributed by atoms with Crippen molar-refractivity contribution in [2.24, 2.45) is 0 Å². The number of benzene rings is 2. The van der Waals surface area contributed by atoms with Crippen LogP contribution in [0.2, 0.25) is 0 Å². The Kier molecular flexibility index (Phi) is 5.11. The number of hydrogen-bond acceptors (Lipinski definition) is 2. The number of halogens is 1. The summed E-state index contributed by atoms with van der Waals surface area (Å²) in [6.45, 7) is 2.63. The first kappa shape index (κ1) is 16.5. The van der Waals surface area contributed by atoms with Gasteiger partial charge in [-0.05, 0) is 35.7 Å². The summed E-state index contributed by atoms with van der Waals surface area (Å²) in [5.41, 5.74) is 3.28. The minimum atomic E-state index is -0.0399. The molecule has 0 saturated heterocycles. The molecule has 0 atom stereocenters. The lowest BCUT2D eigenvalue weighted by molar-refractivity contribution is -0.115. The Morgan fingerprint density at radius 1 is 1.12 bits per heavy atom. The highest BCUT2D eigenvalue weighted by molar-refractivity contribution is 9.10. The van der Waals surface area contributed by atoms with E-state index in [4.69, 9.17) is 0 Å². The Morgan fingerprint density at radius 2 is 1.88 bits per heavy atom. The summed E-state index contributed by atoms with van der Waals surface area (Å²) in [7, 11) is 0. The molecule has 2 aromatic carbocycles. The van der Waals surface area contributed by atoms with Gasteiger partial charge in [-0.1, -0.05) is 52.3 Å². The minimum absolute atomic E-state index is 0.0399. The van der Waals surface area contributed by atoms with Gasteiger partial charge in [0.25, 0.3) is 0 Å². The highest BCUT2D eigenvalue weighted by Crippen LogP contribution is 2.15. The number of anilines is 1. The maximum Gasteiger partial charge on any atom is 0.229 e. The molecule has 0 saturated carbocycles. The Morgan fingerprint density at radius 3 is 2.62 bits per heavy atom. The van der Waals surface area contributed by atoms with Crippen LogP contribution in [-0.4, -0.2) is 15.7 Å². The van der Waals surface area contributed by atoms with E-state index < -0.39 is 0 Å². The van der Waals surface area contributed by atoms with Crippen LogP contribution in [-0.2, 0) is 17.8 Å². The number of hydrogen-bond donors (Lipinski definition) is 1. The molecular weight excluding hydrogens is 366 g/mol. The number of aryl methyl sites for hydroxylation is 1. The maximum atomic E-state index is 12.3.